The van der Waals surface area contributed by atoms with E-state index in [9.17, 15) is 14.3 Å². The molecule has 1 aliphatic heterocycles. The number of benzene rings is 3. The largest absolute Gasteiger partial charge is 0.494 e. The molecule has 1 aliphatic rings. The molecule has 1 aromatic heterocycles. The van der Waals surface area contributed by atoms with E-state index in [2.05, 4.69) is 4.98 Å². The van der Waals surface area contributed by atoms with Crippen molar-refractivity contribution < 1.29 is 23.8 Å². The number of aromatic amines is 1. The Morgan fingerprint density at radius 1 is 0.973 bits per heavy atom. The summed E-state index contributed by atoms with van der Waals surface area (Å²) >= 11 is 0. The number of anilines is 1. The topological polar surface area (TPSA) is 90.4 Å². The number of hydrogen-bond acceptors (Lipinski definition) is 6. The number of nitrogens with one attached hydrogen (secondary N) is 1. The molecule has 9 heteroatoms. The molecule has 0 spiro atoms. The highest BCUT2D eigenvalue weighted by atomic mass is 19.1. The number of hydrogen-bond donors (Lipinski definition) is 2. The summed E-state index contributed by atoms with van der Waals surface area (Å²) in [5.74, 6) is 0.441. The van der Waals surface area contributed by atoms with Crippen molar-refractivity contribution in [2.45, 2.75) is 0 Å². The zero-order chi connectivity index (χ0) is 26.1. The summed E-state index contributed by atoms with van der Waals surface area (Å²) in [5, 5.41) is 11.5. The van der Waals surface area contributed by atoms with E-state index in [0.717, 1.165) is 5.69 Å². The molecular formula is C28H25FN4O4. The number of halogens is 1. The monoisotopic (exact) mass is 500 g/mol. The van der Waals surface area contributed by atoms with E-state index >= 15 is 0 Å². The number of carbonyl (C=O) groups excluding carboxylic acids is 1. The lowest BCUT2D eigenvalue weighted by atomic mass is 10.00. The molecule has 188 valence electrons. The number of aromatic nitrogens is 1. The van der Waals surface area contributed by atoms with Gasteiger partial charge in [0.25, 0.3) is 0 Å². The van der Waals surface area contributed by atoms with Gasteiger partial charge in [-0.3, -0.25) is 4.79 Å². The standard InChI is InChI=1S/C28H25FN4O4/c1-32(2)16-25(34)33(3)20-8-6-19(7-9-20)30-27(17-4-11-23-24(14-17)37-13-12-36-23)26-21-10-5-18(29)15-22(21)31-28(26)35/h4-15,31,35H,16H2,1-3H3. The van der Waals surface area contributed by atoms with E-state index < -0.39 is 5.82 Å². The summed E-state index contributed by atoms with van der Waals surface area (Å²) in [6.07, 6.45) is 2.88. The van der Waals surface area contributed by atoms with Crippen LogP contribution in [0.5, 0.6) is 17.4 Å². The van der Waals surface area contributed by atoms with Gasteiger partial charge in [0.15, 0.2) is 17.4 Å². The first kappa shape index (κ1) is 24.1. The van der Waals surface area contributed by atoms with Crippen LogP contribution in [0.2, 0.25) is 0 Å². The van der Waals surface area contributed by atoms with Crippen molar-refractivity contribution in [3.8, 4) is 17.4 Å². The first-order valence-electron chi connectivity index (χ1n) is 11.5. The Morgan fingerprint density at radius 2 is 1.70 bits per heavy atom. The lowest BCUT2D eigenvalue weighted by Gasteiger charge is -2.19. The number of aliphatic imine (C=N–C) groups is 1. The maximum atomic E-state index is 13.9. The highest BCUT2D eigenvalue weighted by Crippen LogP contribution is 2.36. The minimum Gasteiger partial charge on any atom is -0.494 e. The Bertz CT molecular complexity index is 1540. The number of rotatable bonds is 6. The van der Waals surface area contributed by atoms with E-state index in [0.29, 0.717) is 51.5 Å². The molecule has 3 aromatic carbocycles. The lowest BCUT2D eigenvalue weighted by Crippen LogP contribution is -2.34. The second-order valence-corrected chi connectivity index (χ2v) is 8.88. The maximum Gasteiger partial charge on any atom is 0.240 e. The van der Waals surface area contributed by atoms with Crippen molar-refractivity contribution >= 4 is 33.9 Å². The first-order chi connectivity index (χ1) is 17.8. The fourth-order valence-electron chi connectivity index (χ4n) is 4.11. The molecule has 8 nitrogen and oxygen atoms in total. The molecule has 0 saturated heterocycles. The van der Waals surface area contributed by atoms with Crippen LogP contribution < -0.4 is 14.4 Å². The highest BCUT2D eigenvalue weighted by Gasteiger charge is 2.21. The molecule has 0 bridgehead atoms. The third kappa shape index (κ3) is 4.89. The molecule has 4 aromatic rings. The Hall–Kier alpha value is -4.63. The van der Waals surface area contributed by atoms with Gasteiger partial charge in [0.1, 0.15) is 18.3 Å². The van der Waals surface area contributed by atoms with Gasteiger partial charge in [0.2, 0.25) is 5.91 Å². The number of nitrogens with zero attached hydrogens (tertiary/aromatic N) is 3. The van der Waals surface area contributed by atoms with Crippen molar-refractivity contribution in [1.29, 1.82) is 0 Å². The van der Waals surface area contributed by atoms with Crippen LogP contribution >= 0.6 is 0 Å². The quantitative estimate of drug-likeness (QED) is 0.366. The number of aromatic hydroxyl groups is 1. The number of likely N-dealkylation sites (N-methyl/N-ethyl adjacent to an activating group) is 2. The molecular weight excluding hydrogens is 475 g/mol. The smallest absolute Gasteiger partial charge is 0.240 e. The van der Waals surface area contributed by atoms with E-state index in [-0.39, 0.29) is 11.8 Å². The Morgan fingerprint density at radius 3 is 2.43 bits per heavy atom. The molecule has 2 heterocycles. The normalized spacial score (nSPS) is 12.8. The molecule has 37 heavy (non-hydrogen) atoms. The van der Waals surface area contributed by atoms with Crippen LogP contribution in [-0.2, 0) is 4.79 Å². The summed E-state index contributed by atoms with van der Waals surface area (Å²) in [7, 11) is 5.41. The van der Waals surface area contributed by atoms with Crippen LogP contribution in [0.1, 0.15) is 11.1 Å². The van der Waals surface area contributed by atoms with E-state index in [1.54, 1.807) is 42.3 Å². The summed E-state index contributed by atoms with van der Waals surface area (Å²) in [5.41, 5.74) is 3.28. The molecule has 0 fully saturated rings. The number of carbonyl (C=O) groups is 1. The molecule has 0 radical (unpaired) electrons. The fraction of sp³-hybridized carbons (Fsp3) is 0.143. The molecule has 0 saturated carbocycles. The predicted octanol–water partition coefficient (Wildman–Crippen LogP) is 4.95. The second kappa shape index (κ2) is 9.79. The third-order valence-corrected chi connectivity index (χ3v) is 5.94. The van der Waals surface area contributed by atoms with Gasteiger partial charge in [-0.1, -0.05) is 0 Å². The Balaban J connectivity index is 1.60. The highest BCUT2D eigenvalue weighted by molar-refractivity contribution is 6.22. The number of amides is 1. The van der Waals surface area contributed by atoms with Gasteiger partial charge in [0.05, 0.1) is 29.0 Å². The molecule has 0 aliphatic carbocycles. The van der Waals surface area contributed by atoms with Gasteiger partial charge >= 0.3 is 0 Å². The van der Waals surface area contributed by atoms with E-state index in [1.165, 1.54) is 24.7 Å². The van der Waals surface area contributed by atoms with E-state index in [1.807, 2.05) is 37.2 Å². The van der Waals surface area contributed by atoms with Gasteiger partial charge in [-0.15, -0.1) is 0 Å². The Kier molecular flexibility index (Phi) is 6.37. The van der Waals surface area contributed by atoms with Crippen molar-refractivity contribution in [3.63, 3.8) is 0 Å². The van der Waals surface area contributed by atoms with Gasteiger partial charge in [-0.2, -0.15) is 0 Å². The van der Waals surface area contributed by atoms with Gasteiger partial charge in [-0.25, -0.2) is 9.38 Å². The number of ether oxygens (including phenoxy) is 2. The van der Waals surface area contributed by atoms with Crippen molar-refractivity contribution in [3.05, 3.63) is 90.1 Å². The average Bonchev–Trinajstić information content (AvgIpc) is 3.21. The zero-order valence-electron chi connectivity index (χ0n) is 20.5. The van der Waals surface area contributed by atoms with Crippen LogP contribution in [-0.4, -0.2) is 54.3 Å². The molecule has 0 atom stereocenters. The molecule has 0 unspecified atom stereocenters. The molecule has 2 N–H and O–H groups in total. The second-order valence-electron chi connectivity index (χ2n) is 8.88. The number of fused-ring (bicyclic) bond motifs is 2. The van der Waals surface area contributed by atoms with Gasteiger partial charge in [0, 0.05) is 23.7 Å². The lowest BCUT2D eigenvalue weighted by molar-refractivity contribution is -0.118. The fourth-order valence-corrected chi connectivity index (χ4v) is 4.11. The van der Waals surface area contributed by atoms with Crippen molar-refractivity contribution in [2.24, 2.45) is 4.99 Å². The van der Waals surface area contributed by atoms with Crippen molar-refractivity contribution in [1.82, 2.24) is 9.88 Å². The van der Waals surface area contributed by atoms with Crippen LogP contribution in [0, 0.1) is 5.82 Å². The molecule has 1 amide bonds. The minimum atomic E-state index is -0.423. The third-order valence-electron chi connectivity index (χ3n) is 5.94. The first-order valence-corrected chi connectivity index (χ1v) is 11.5. The van der Waals surface area contributed by atoms with Gasteiger partial charge < -0.3 is 29.4 Å². The van der Waals surface area contributed by atoms with E-state index in [4.69, 9.17) is 14.5 Å². The Labute approximate surface area is 212 Å². The average molecular weight is 501 g/mol. The minimum absolute atomic E-state index is 0.0387. The predicted molar refractivity (Wildman–Crippen MR) is 140 cm³/mol. The van der Waals surface area contributed by atoms with Crippen LogP contribution in [0.4, 0.5) is 15.8 Å². The van der Waals surface area contributed by atoms with Gasteiger partial charge in [-0.05, 0) is 74.8 Å². The summed E-state index contributed by atoms with van der Waals surface area (Å²) < 4.78 is 24.9. The van der Waals surface area contributed by atoms with Crippen molar-refractivity contribution in [2.75, 3.05) is 32.6 Å². The van der Waals surface area contributed by atoms with Crippen LogP contribution in [0.25, 0.3) is 10.9 Å². The number of H-pyrrole nitrogens is 1. The zero-order valence-corrected chi connectivity index (χ0v) is 20.5. The SMILES string of the molecule is CN(C)CC(=O)N(C)c1ccc(N=C(c2ccc3c(c2)OC=CO3)c2c(O)[nH]c3cc(F)ccc23)cc1. The summed E-state index contributed by atoms with van der Waals surface area (Å²) in [6, 6.07) is 16.8. The summed E-state index contributed by atoms with van der Waals surface area (Å²) in [4.78, 5) is 23.5. The maximum absolute atomic E-state index is 13.9. The van der Waals surface area contributed by atoms with Crippen LogP contribution in [0.3, 0.4) is 0 Å². The molecule has 5 rings (SSSR count). The van der Waals surface area contributed by atoms with Crippen LogP contribution in [0.15, 0.2) is 78.2 Å². The summed E-state index contributed by atoms with van der Waals surface area (Å²) in [6.45, 7) is 0.292.